The van der Waals surface area contributed by atoms with Crippen molar-refractivity contribution in [1.82, 2.24) is 4.98 Å². The van der Waals surface area contributed by atoms with Gasteiger partial charge < -0.3 is 9.72 Å². The van der Waals surface area contributed by atoms with Crippen molar-refractivity contribution in [2.24, 2.45) is 0 Å². The van der Waals surface area contributed by atoms with Crippen LogP contribution in [-0.4, -0.2) is 25.1 Å². The van der Waals surface area contributed by atoms with Crippen LogP contribution in [0, 0.1) is 17.1 Å². The van der Waals surface area contributed by atoms with Crippen LogP contribution >= 0.6 is 11.6 Å². The normalized spacial score (nSPS) is 11.4. The molecule has 0 spiro atoms. The van der Waals surface area contributed by atoms with Gasteiger partial charge in [-0.2, -0.15) is 13.7 Å². The molecule has 0 unspecified atom stereocenters. The van der Waals surface area contributed by atoms with Gasteiger partial charge in [-0.15, -0.1) is 0 Å². The molecule has 0 aliphatic heterocycles. The van der Waals surface area contributed by atoms with Crippen molar-refractivity contribution in [3.8, 4) is 34.1 Å². The van der Waals surface area contributed by atoms with Crippen LogP contribution in [0.1, 0.15) is 5.56 Å². The Bertz CT molecular complexity index is 1640. The predicted molar refractivity (Wildman–Crippen MR) is 121 cm³/mol. The van der Waals surface area contributed by atoms with Crippen molar-refractivity contribution in [2.75, 3.05) is 7.11 Å². The van der Waals surface area contributed by atoms with E-state index in [9.17, 15) is 23.0 Å². The lowest BCUT2D eigenvalue weighted by Gasteiger charge is -2.16. The molecule has 0 radical (unpaired) electrons. The van der Waals surface area contributed by atoms with E-state index in [0.717, 1.165) is 12.1 Å². The lowest BCUT2D eigenvalue weighted by Crippen LogP contribution is -2.07. The molecule has 0 atom stereocenters. The van der Waals surface area contributed by atoms with Crippen molar-refractivity contribution in [3.05, 3.63) is 81.4 Å². The van der Waals surface area contributed by atoms with Gasteiger partial charge in [-0.05, 0) is 48.0 Å². The zero-order valence-corrected chi connectivity index (χ0v) is 18.5. The highest BCUT2D eigenvalue weighted by Gasteiger charge is 2.24. The summed E-state index contributed by atoms with van der Waals surface area (Å²) in [6, 6.07) is 13.8. The standard InChI is InChI=1S/C23H14ClFN2O5S/c1-32-20-10-15(12-2-4-17(24)13(8-12)11-26)18(25)9-16(20)23-14-3-7-22(28)27-19(14)5-6-21(23)33(29,30)31/h2-10H,1H3,(H,27,28)(H,29,30,31). The smallest absolute Gasteiger partial charge is 0.295 e. The molecule has 3 aromatic carbocycles. The number of pyridine rings is 1. The third kappa shape index (κ3) is 4.07. The van der Waals surface area contributed by atoms with Crippen molar-refractivity contribution in [1.29, 1.82) is 5.26 Å². The molecule has 166 valence electrons. The fourth-order valence-electron chi connectivity index (χ4n) is 3.63. The summed E-state index contributed by atoms with van der Waals surface area (Å²) >= 11 is 5.97. The molecule has 0 bridgehead atoms. The first-order valence-corrected chi connectivity index (χ1v) is 11.2. The molecular formula is C23H14ClFN2O5S. The van der Waals surface area contributed by atoms with E-state index in [1.165, 1.54) is 49.6 Å². The number of hydrogen-bond acceptors (Lipinski definition) is 5. The first kappa shape index (κ1) is 22.5. The van der Waals surface area contributed by atoms with E-state index in [2.05, 4.69) is 4.98 Å². The van der Waals surface area contributed by atoms with E-state index in [-0.39, 0.29) is 43.9 Å². The fraction of sp³-hybridized carbons (Fsp3) is 0.0435. The van der Waals surface area contributed by atoms with Crippen LogP contribution in [-0.2, 0) is 10.1 Å². The zero-order valence-electron chi connectivity index (χ0n) is 16.9. The molecule has 0 aliphatic carbocycles. The SMILES string of the molecule is COc1cc(-c2ccc(Cl)c(C#N)c2)c(F)cc1-c1c(S(=O)(=O)O)ccc2[nH]c(=O)ccc12. The van der Waals surface area contributed by atoms with E-state index in [1.807, 2.05) is 6.07 Å². The largest absolute Gasteiger partial charge is 0.496 e. The molecule has 2 N–H and O–H groups in total. The van der Waals surface area contributed by atoms with Gasteiger partial charge in [0.25, 0.3) is 10.1 Å². The molecule has 33 heavy (non-hydrogen) atoms. The molecule has 1 heterocycles. The number of H-pyrrole nitrogens is 1. The molecule has 0 aliphatic rings. The third-order valence-corrected chi connectivity index (χ3v) is 6.33. The van der Waals surface area contributed by atoms with Crippen molar-refractivity contribution in [2.45, 2.75) is 4.90 Å². The Kier molecular flexibility index (Phi) is 5.68. The van der Waals surface area contributed by atoms with Crippen LogP contribution < -0.4 is 10.3 Å². The van der Waals surface area contributed by atoms with Crippen LogP contribution in [0.3, 0.4) is 0 Å². The number of fused-ring (bicyclic) bond motifs is 1. The summed E-state index contributed by atoms with van der Waals surface area (Å²) in [4.78, 5) is 13.8. The summed E-state index contributed by atoms with van der Waals surface area (Å²) < 4.78 is 54.8. The zero-order chi connectivity index (χ0) is 23.9. The summed E-state index contributed by atoms with van der Waals surface area (Å²) in [5, 5.41) is 9.69. The predicted octanol–water partition coefficient (Wildman–Crippen LogP) is 4.78. The van der Waals surface area contributed by atoms with Crippen LogP contribution in [0.4, 0.5) is 4.39 Å². The van der Waals surface area contributed by atoms with Gasteiger partial charge in [0.05, 0.1) is 17.7 Å². The van der Waals surface area contributed by atoms with Gasteiger partial charge in [0.15, 0.2) is 0 Å². The number of benzene rings is 3. The van der Waals surface area contributed by atoms with Gasteiger partial charge in [-0.3, -0.25) is 9.35 Å². The van der Waals surface area contributed by atoms with Crippen LogP contribution in [0.5, 0.6) is 5.75 Å². The maximum atomic E-state index is 15.3. The average molecular weight is 485 g/mol. The maximum Gasteiger partial charge on any atom is 0.295 e. The summed E-state index contributed by atoms with van der Waals surface area (Å²) in [6.07, 6.45) is 0. The first-order valence-electron chi connectivity index (χ1n) is 9.35. The number of aromatic amines is 1. The molecule has 0 fully saturated rings. The molecule has 0 saturated heterocycles. The monoisotopic (exact) mass is 484 g/mol. The Morgan fingerprint density at radius 2 is 1.85 bits per heavy atom. The van der Waals surface area contributed by atoms with Gasteiger partial charge >= 0.3 is 0 Å². The summed E-state index contributed by atoms with van der Waals surface area (Å²) in [5.41, 5.74) is 0.468. The van der Waals surface area contributed by atoms with Crippen molar-refractivity contribution in [3.63, 3.8) is 0 Å². The Morgan fingerprint density at radius 1 is 1.09 bits per heavy atom. The van der Waals surface area contributed by atoms with Gasteiger partial charge in [-0.1, -0.05) is 17.7 Å². The van der Waals surface area contributed by atoms with E-state index in [4.69, 9.17) is 16.3 Å². The lowest BCUT2D eigenvalue weighted by atomic mass is 9.95. The Morgan fingerprint density at radius 3 is 2.52 bits per heavy atom. The van der Waals surface area contributed by atoms with E-state index >= 15 is 4.39 Å². The van der Waals surface area contributed by atoms with Crippen molar-refractivity contribution >= 4 is 32.6 Å². The van der Waals surface area contributed by atoms with Crippen molar-refractivity contribution < 1.29 is 22.1 Å². The molecule has 0 saturated carbocycles. The second kappa shape index (κ2) is 8.33. The highest BCUT2D eigenvalue weighted by molar-refractivity contribution is 7.86. The number of aromatic nitrogens is 1. The number of nitrogens with one attached hydrogen (secondary N) is 1. The van der Waals surface area contributed by atoms with Crippen LogP contribution in [0.25, 0.3) is 33.2 Å². The number of methoxy groups -OCH3 is 1. The highest BCUT2D eigenvalue weighted by atomic mass is 35.5. The number of hydrogen-bond donors (Lipinski definition) is 2. The number of nitriles is 1. The third-order valence-electron chi connectivity index (χ3n) is 5.10. The quantitative estimate of drug-likeness (QED) is 0.402. The number of halogens is 2. The Balaban J connectivity index is 2.06. The second-order valence-electron chi connectivity index (χ2n) is 7.04. The van der Waals surface area contributed by atoms with E-state index < -0.39 is 26.4 Å². The molecule has 7 nitrogen and oxygen atoms in total. The van der Waals surface area contributed by atoms with Gasteiger partial charge in [-0.25, -0.2) is 4.39 Å². The molecule has 1 aromatic heterocycles. The minimum atomic E-state index is -4.72. The lowest BCUT2D eigenvalue weighted by molar-refractivity contribution is 0.415. The summed E-state index contributed by atoms with van der Waals surface area (Å²) in [6.45, 7) is 0. The minimum absolute atomic E-state index is 0.0395. The molecule has 4 aromatic rings. The van der Waals surface area contributed by atoms with Gasteiger partial charge in [0.2, 0.25) is 5.56 Å². The van der Waals surface area contributed by atoms with Gasteiger partial charge in [0.1, 0.15) is 22.5 Å². The minimum Gasteiger partial charge on any atom is -0.496 e. The molecule has 4 rings (SSSR count). The van der Waals surface area contributed by atoms with Crippen LogP contribution in [0.2, 0.25) is 5.02 Å². The summed E-state index contributed by atoms with van der Waals surface area (Å²) in [5.74, 6) is -0.636. The average Bonchev–Trinajstić information content (AvgIpc) is 2.77. The number of rotatable bonds is 4. The molecular weight excluding hydrogens is 471 g/mol. The van der Waals surface area contributed by atoms with E-state index in [1.54, 1.807) is 0 Å². The van der Waals surface area contributed by atoms with Crippen LogP contribution in [0.15, 0.2) is 64.3 Å². The molecule has 10 heteroatoms. The highest BCUT2D eigenvalue weighted by Crippen LogP contribution is 2.42. The maximum absolute atomic E-state index is 15.3. The summed E-state index contributed by atoms with van der Waals surface area (Å²) in [7, 11) is -3.40. The van der Waals surface area contributed by atoms with Gasteiger partial charge in [0, 0.05) is 33.7 Å². The Hall–Kier alpha value is -3.71. The number of nitrogens with zero attached hydrogens (tertiary/aromatic N) is 1. The second-order valence-corrected chi connectivity index (χ2v) is 8.83. The van der Waals surface area contributed by atoms with E-state index in [0.29, 0.717) is 5.56 Å². The fourth-order valence-corrected chi connectivity index (χ4v) is 4.50. The number of ether oxygens (including phenoxy) is 1. The Labute approximate surface area is 192 Å². The first-order chi connectivity index (χ1) is 15.6. The molecule has 0 amide bonds. The topological polar surface area (TPSA) is 120 Å².